The third-order valence-electron chi connectivity index (χ3n) is 5.97. The summed E-state index contributed by atoms with van der Waals surface area (Å²) in [5.74, 6) is -0.260. The quantitative estimate of drug-likeness (QED) is 0.629. The highest BCUT2D eigenvalue weighted by Gasteiger charge is 2.43. The van der Waals surface area contributed by atoms with E-state index in [1.165, 1.54) is 11.0 Å². The van der Waals surface area contributed by atoms with Crippen molar-refractivity contribution in [1.82, 2.24) is 10.3 Å². The molecule has 2 aliphatic rings. The van der Waals surface area contributed by atoms with E-state index < -0.39 is 24.6 Å². The first-order chi connectivity index (χ1) is 15.6. The van der Waals surface area contributed by atoms with E-state index in [0.29, 0.717) is 34.7 Å². The first-order valence-corrected chi connectivity index (χ1v) is 11.1. The average molecular weight is 465 g/mol. The van der Waals surface area contributed by atoms with Gasteiger partial charge in [-0.15, -0.1) is 0 Å². The monoisotopic (exact) mass is 465 g/mol. The van der Waals surface area contributed by atoms with Gasteiger partial charge in [0.25, 0.3) is 0 Å². The number of hydrogen-bond donors (Lipinski definition) is 1. The number of aryl methyl sites for hydroxylation is 2. The van der Waals surface area contributed by atoms with E-state index >= 15 is 4.39 Å². The van der Waals surface area contributed by atoms with Crippen LogP contribution in [0.4, 0.5) is 23.2 Å². The molecule has 1 aromatic heterocycles. The maximum atomic E-state index is 15.5. The van der Waals surface area contributed by atoms with Gasteiger partial charge in [-0.05, 0) is 68.0 Å². The Bertz CT molecular complexity index is 1020. The van der Waals surface area contributed by atoms with Crippen molar-refractivity contribution in [3.05, 3.63) is 47.0 Å². The number of anilines is 1. The number of aromatic nitrogens is 1. The van der Waals surface area contributed by atoms with Crippen molar-refractivity contribution < 1.29 is 27.1 Å². The van der Waals surface area contributed by atoms with Crippen LogP contribution in [0.5, 0.6) is 0 Å². The number of nitrogens with one attached hydrogen (secondary N) is 1. The summed E-state index contributed by atoms with van der Waals surface area (Å²) in [6.45, 7) is 3.40. The number of ether oxygens (including phenoxy) is 1. The Kier molecular flexibility index (Phi) is 6.61. The zero-order valence-corrected chi connectivity index (χ0v) is 18.6. The zero-order chi connectivity index (χ0) is 23.8. The molecule has 1 saturated carbocycles. The lowest BCUT2D eigenvalue weighted by atomic mass is 9.97. The largest absolute Gasteiger partial charge is 0.416 e. The molecule has 2 fully saturated rings. The number of rotatable bonds is 6. The Hall–Kier alpha value is -2.68. The summed E-state index contributed by atoms with van der Waals surface area (Å²) in [5, 5.41) is 2.86. The molecule has 1 aliphatic heterocycles. The Balaban J connectivity index is 1.67. The van der Waals surface area contributed by atoms with Crippen LogP contribution in [0.3, 0.4) is 0 Å². The van der Waals surface area contributed by atoms with Gasteiger partial charge in [0.15, 0.2) is 6.10 Å². The minimum Gasteiger partial charge on any atom is -0.366 e. The zero-order valence-electron chi connectivity index (χ0n) is 18.6. The number of halogens is 4. The van der Waals surface area contributed by atoms with E-state index in [-0.39, 0.29) is 25.6 Å². The number of hydrogen-bond acceptors (Lipinski definition) is 4. The SMILES string of the molecule is Cc1cc(-c2c(F)cc(N3CCOC(C(F)(F)F)C3)cc2CNC(=O)CC2CC2)cc(C)n1. The van der Waals surface area contributed by atoms with Crippen LogP contribution in [0.15, 0.2) is 24.3 Å². The third kappa shape index (κ3) is 5.82. The molecule has 0 radical (unpaired) electrons. The van der Waals surface area contributed by atoms with Crippen LogP contribution in [0.2, 0.25) is 0 Å². The Labute approximate surface area is 190 Å². The van der Waals surface area contributed by atoms with E-state index in [4.69, 9.17) is 4.74 Å². The highest BCUT2D eigenvalue weighted by molar-refractivity contribution is 5.78. The van der Waals surface area contributed by atoms with Gasteiger partial charge in [0.2, 0.25) is 5.91 Å². The number of morpholine rings is 1. The normalized spacial score (nSPS) is 19.0. The smallest absolute Gasteiger partial charge is 0.366 e. The van der Waals surface area contributed by atoms with Crippen LogP contribution >= 0.6 is 0 Å². The van der Waals surface area contributed by atoms with Gasteiger partial charge < -0.3 is 15.0 Å². The van der Waals surface area contributed by atoms with E-state index in [1.54, 1.807) is 18.2 Å². The predicted molar refractivity (Wildman–Crippen MR) is 116 cm³/mol. The number of carbonyl (C=O) groups excluding carboxylic acids is 1. The summed E-state index contributed by atoms with van der Waals surface area (Å²) < 4.78 is 59.9. The summed E-state index contributed by atoms with van der Waals surface area (Å²) >= 11 is 0. The van der Waals surface area contributed by atoms with Crippen LogP contribution in [0.25, 0.3) is 11.1 Å². The minimum atomic E-state index is -4.50. The molecule has 2 aromatic rings. The molecule has 1 atom stereocenters. The molecule has 4 rings (SSSR count). The molecule has 1 unspecified atom stereocenters. The van der Waals surface area contributed by atoms with Crippen molar-refractivity contribution in [1.29, 1.82) is 0 Å². The lowest BCUT2D eigenvalue weighted by Gasteiger charge is -2.35. The summed E-state index contributed by atoms with van der Waals surface area (Å²) in [6.07, 6.45) is -3.92. The summed E-state index contributed by atoms with van der Waals surface area (Å²) in [4.78, 5) is 18.1. The van der Waals surface area contributed by atoms with Crippen LogP contribution in [-0.4, -0.2) is 42.9 Å². The maximum Gasteiger partial charge on any atom is 0.416 e. The number of carbonyl (C=O) groups is 1. The Morgan fingerprint density at radius 2 is 1.88 bits per heavy atom. The molecule has 1 aliphatic carbocycles. The Morgan fingerprint density at radius 1 is 1.18 bits per heavy atom. The number of alkyl halides is 3. The van der Waals surface area contributed by atoms with E-state index in [1.807, 2.05) is 13.8 Å². The molecule has 9 heteroatoms. The molecule has 1 aromatic carbocycles. The minimum absolute atomic E-state index is 0.0824. The van der Waals surface area contributed by atoms with E-state index in [9.17, 15) is 18.0 Å². The topological polar surface area (TPSA) is 54.5 Å². The molecular weight excluding hydrogens is 438 g/mol. The summed E-state index contributed by atoms with van der Waals surface area (Å²) in [6, 6.07) is 6.44. The van der Waals surface area contributed by atoms with Gasteiger partial charge in [-0.1, -0.05) is 0 Å². The van der Waals surface area contributed by atoms with Gasteiger partial charge >= 0.3 is 6.18 Å². The van der Waals surface area contributed by atoms with Crippen LogP contribution in [0.1, 0.15) is 36.2 Å². The predicted octanol–water partition coefficient (Wildman–Crippen LogP) is 4.69. The molecule has 1 saturated heterocycles. The van der Waals surface area contributed by atoms with Gasteiger partial charge in [0.05, 0.1) is 13.2 Å². The third-order valence-corrected chi connectivity index (χ3v) is 5.97. The highest BCUT2D eigenvalue weighted by Crippen LogP contribution is 2.35. The van der Waals surface area contributed by atoms with Crippen molar-refractivity contribution in [2.45, 2.75) is 51.9 Å². The number of amides is 1. The van der Waals surface area contributed by atoms with Gasteiger partial charge in [-0.25, -0.2) is 4.39 Å². The van der Waals surface area contributed by atoms with Gasteiger partial charge in [-0.2, -0.15) is 13.2 Å². The molecule has 33 heavy (non-hydrogen) atoms. The van der Waals surface area contributed by atoms with Crippen molar-refractivity contribution >= 4 is 11.6 Å². The lowest BCUT2D eigenvalue weighted by Crippen LogP contribution is -2.49. The fourth-order valence-electron chi connectivity index (χ4n) is 4.20. The second-order valence-electron chi connectivity index (χ2n) is 8.87. The fourth-order valence-corrected chi connectivity index (χ4v) is 4.20. The second-order valence-corrected chi connectivity index (χ2v) is 8.87. The first kappa shape index (κ1) is 23.5. The van der Waals surface area contributed by atoms with Crippen LogP contribution in [-0.2, 0) is 16.1 Å². The standard InChI is InChI=1S/C24H27F4N3O2/c1-14-7-17(8-15(2)30-14)23-18(12-29-22(32)9-16-3-4-16)10-19(11-20(23)25)31-5-6-33-21(13-31)24(26,27)28/h7-8,10-11,16,21H,3-6,9,12-13H2,1-2H3,(H,29,32). The summed E-state index contributed by atoms with van der Waals surface area (Å²) in [7, 11) is 0. The van der Waals surface area contributed by atoms with Crippen molar-refractivity contribution in [3.8, 4) is 11.1 Å². The molecule has 178 valence electrons. The van der Waals surface area contributed by atoms with E-state index in [2.05, 4.69) is 10.3 Å². The first-order valence-electron chi connectivity index (χ1n) is 11.1. The number of pyridine rings is 1. The number of nitrogens with zero attached hydrogens (tertiary/aromatic N) is 2. The van der Waals surface area contributed by atoms with Crippen molar-refractivity contribution in [2.75, 3.05) is 24.6 Å². The van der Waals surface area contributed by atoms with E-state index in [0.717, 1.165) is 24.2 Å². The molecular formula is C24H27F4N3O2. The van der Waals surface area contributed by atoms with Crippen LogP contribution < -0.4 is 10.2 Å². The van der Waals surface area contributed by atoms with Gasteiger partial charge in [0, 0.05) is 42.1 Å². The molecule has 2 heterocycles. The summed E-state index contributed by atoms with van der Waals surface area (Å²) in [5.41, 5.74) is 3.22. The average Bonchev–Trinajstić information content (AvgIpc) is 3.54. The van der Waals surface area contributed by atoms with Crippen molar-refractivity contribution in [3.63, 3.8) is 0 Å². The molecule has 0 spiro atoms. The number of benzene rings is 1. The fraction of sp³-hybridized carbons (Fsp3) is 0.500. The lowest BCUT2D eigenvalue weighted by molar-refractivity contribution is -0.221. The second kappa shape index (κ2) is 9.29. The van der Waals surface area contributed by atoms with Crippen molar-refractivity contribution in [2.24, 2.45) is 5.92 Å². The Morgan fingerprint density at radius 3 is 2.52 bits per heavy atom. The van der Waals surface area contributed by atoms with Crippen LogP contribution in [0, 0.1) is 25.6 Å². The maximum absolute atomic E-state index is 15.5. The molecule has 5 nitrogen and oxygen atoms in total. The molecule has 1 amide bonds. The highest BCUT2D eigenvalue weighted by atomic mass is 19.4. The molecule has 0 bridgehead atoms. The van der Waals surface area contributed by atoms with Gasteiger partial charge in [-0.3, -0.25) is 9.78 Å². The molecule has 1 N–H and O–H groups in total. The van der Waals surface area contributed by atoms with Gasteiger partial charge in [0.1, 0.15) is 5.82 Å².